The second kappa shape index (κ2) is 10.5. The third-order valence-electron chi connectivity index (χ3n) is 7.47. The van der Waals surface area contributed by atoms with Gasteiger partial charge in [-0.05, 0) is 49.8 Å². The number of nitrogens with one attached hydrogen (secondary N) is 2. The number of amides is 3. The predicted molar refractivity (Wildman–Crippen MR) is 138 cm³/mol. The Labute approximate surface area is 228 Å². The van der Waals surface area contributed by atoms with Crippen LogP contribution in [0.15, 0.2) is 29.2 Å². The molecule has 1 aliphatic carbocycles. The molecule has 13 nitrogen and oxygen atoms in total. The number of hydrogen-bond donors (Lipinski definition) is 3. The van der Waals surface area contributed by atoms with Gasteiger partial charge in [-0.15, -0.1) is 5.10 Å². The van der Waals surface area contributed by atoms with E-state index in [1.807, 2.05) is 0 Å². The second-order valence-electron chi connectivity index (χ2n) is 10.4. The third kappa shape index (κ3) is 4.92. The van der Waals surface area contributed by atoms with E-state index in [4.69, 9.17) is 0 Å². The Bertz CT molecular complexity index is 1560. The average molecular weight is 553 g/mol. The lowest BCUT2D eigenvalue weighted by molar-refractivity contribution is -0.144. The standard InChI is InChI=1S/C26H29FN8O5/c1-13-10-29-32-35(13)19-9-16(27)6-5-15(19)11-28-23(37)20-21(36)25(39)34-12-14-4-7-17(22(34)31-20)18(8-14)30-24(38)26(40)33(2)3/h5-6,9-10,14,17-18,36H,4,7-8,11-12H2,1-3H3,(H,28,37)(H,30,38). The van der Waals surface area contributed by atoms with Gasteiger partial charge in [0.25, 0.3) is 11.5 Å². The molecule has 0 radical (unpaired) electrons. The van der Waals surface area contributed by atoms with Crippen molar-refractivity contribution in [2.75, 3.05) is 14.1 Å². The predicted octanol–water partition coefficient (Wildman–Crippen LogP) is 0.377. The lowest BCUT2D eigenvalue weighted by Crippen LogP contribution is -2.48. The van der Waals surface area contributed by atoms with E-state index in [9.17, 15) is 28.7 Å². The number of hydrogen-bond acceptors (Lipinski definition) is 8. The van der Waals surface area contributed by atoms with Crippen molar-refractivity contribution in [3.8, 4) is 11.4 Å². The highest BCUT2D eigenvalue weighted by Crippen LogP contribution is 2.40. The Morgan fingerprint density at radius 2 is 2.00 bits per heavy atom. The molecule has 1 fully saturated rings. The van der Waals surface area contributed by atoms with Crippen LogP contribution in [0.3, 0.4) is 0 Å². The number of benzene rings is 1. The number of likely N-dealkylation sites (N-methyl/N-ethyl adjacent to an activating group) is 1. The van der Waals surface area contributed by atoms with Crippen molar-refractivity contribution in [1.29, 1.82) is 0 Å². The van der Waals surface area contributed by atoms with Gasteiger partial charge in [-0.3, -0.25) is 23.7 Å². The third-order valence-corrected chi connectivity index (χ3v) is 7.47. The number of nitrogens with zero attached hydrogens (tertiary/aromatic N) is 6. The monoisotopic (exact) mass is 552 g/mol. The van der Waals surface area contributed by atoms with E-state index in [0.29, 0.717) is 29.8 Å². The van der Waals surface area contributed by atoms with Crippen LogP contribution in [0, 0.1) is 18.7 Å². The molecule has 3 atom stereocenters. The van der Waals surface area contributed by atoms with Crippen LogP contribution >= 0.6 is 0 Å². The van der Waals surface area contributed by atoms with E-state index >= 15 is 0 Å². The quantitative estimate of drug-likeness (QED) is 0.382. The van der Waals surface area contributed by atoms with Crippen LogP contribution in [0.4, 0.5) is 4.39 Å². The summed E-state index contributed by atoms with van der Waals surface area (Å²) in [6, 6.07) is 3.53. The van der Waals surface area contributed by atoms with Gasteiger partial charge >= 0.3 is 11.8 Å². The Kier molecular flexibility index (Phi) is 7.08. The van der Waals surface area contributed by atoms with E-state index in [2.05, 4.69) is 25.9 Å². The summed E-state index contributed by atoms with van der Waals surface area (Å²) in [5.41, 5.74) is 0.347. The molecule has 1 saturated carbocycles. The number of fused-ring (bicyclic) bond motifs is 2. The molecule has 3 unspecified atom stereocenters. The molecule has 3 amide bonds. The zero-order valence-electron chi connectivity index (χ0n) is 22.2. The van der Waals surface area contributed by atoms with E-state index in [1.54, 1.807) is 6.92 Å². The molecule has 14 heteroatoms. The van der Waals surface area contributed by atoms with Crippen molar-refractivity contribution in [2.45, 2.75) is 51.2 Å². The minimum absolute atomic E-state index is 0.0213. The lowest BCUT2D eigenvalue weighted by atomic mass is 9.79. The molecular formula is C26H29FN8O5. The number of aryl methyl sites for hydroxylation is 1. The van der Waals surface area contributed by atoms with Crippen LogP contribution in [0.5, 0.6) is 5.75 Å². The Balaban J connectivity index is 1.43. The second-order valence-corrected chi connectivity index (χ2v) is 10.4. The maximum absolute atomic E-state index is 14.0. The van der Waals surface area contributed by atoms with Crippen LogP contribution in [0.2, 0.25) is 0 Å². The number of aromatic nitrogens is 5. The normalized spacial score (nSPS) is 19.4. The average Bonchev–Trinajstić information content (AvgIpc) is 3.20. The van der Waals surface area contributed by atoms with Crippen LogP contribution in [-0.4, -0.2) is 72.4 Å². The smallest absolute Gasteiger partial charge is 0.311 e. The van der Waals surface area contributed by atoms with Gasteiger partial charge in [0.1, 0.15) is 11.6 Å². The summed E-state index contributed by atoms with van der Waals surface area (Å²) in [6.45, 7) is 1.94. The summed E-state index contributed by atoms with van der Waals surface area (Å²) in [7, 11) is 2.96. The summed E-state index contributed by atoms with van der Waals surface area (Å²) in [5.74, 6) is -3.67. The van der Waals surface area contributed by atoms with Crippen molar-refractivity contribution in [3.05, 3.63) is 63.3 Å². The molecule has 3 aromatic rings. The molecule has 0 spiro atoms. The van der Waals surface area contributed by atoms with E-state index in [0.717, 1.165) is 6.42 Å². The zero-order valence-corrected chi connectivity index (χ0v) is 22.2. The summed E-state index contributed by atoms with van der Waals surface area (Å²) in [6.07, 6.45) is 3.38. The van der Waals surface area contributed by atoms with Crippen molar-refractivity contribution in [2.24, 2.45) is 5.92 Å². The van der Waals surface area contributed by atoms with Gasteiger partial charge in [-0.1, -0.05) is 11.3 Å². The summed E-state index contributed by atoms with van der Waals surface area (Å²) < 4.78 is 16.8. The molecule has 2 aliphatic heterocycles. The molecule has 4 heterocycles. The fraction of sp³-hybridized carbons (Fsp3) is 0.423. The van der Waals surface area contributed by atoms with Crippen LogP contribution in [-0.2, 0) is 22.7 Å². The minimum atomic E-state index is -0.800. The molecule has 2 aromatic heterocycles. The van der Waals surface area contributed by atoms with Gasteiger partial charge in [0.05, 0.1) is 17.6 Å². The van der Waals surface area contributed by atoms with E-state index in [1.165, 1.54) is 52.6 Å². The summed E-state index contributed by atoms with van der Waals surface area (Å²) >= 11 is 0. The summed E-state index contributed by atoms with van der Waals surface area (Å²) in [5, 5.41) is 23.9. The highest BCUT2D eigenvalue weighted by atomic mass is 19.1. The van der Waals surface area contributed by atoms with Gasteiger partial charge < -0.3 is 20.6 Å². The zero-order chi connectivity index (χ0) is 28.7. The molecule has 6 rings (SSSR count). The molecule has 0 saturated heterocycles. The van der Waals surface area contributed by atoms with Gasteiger partial charge in [0, 0.05) is 39.1 Å². The molecule has 2 bridgehead atoms. The molecule has 210 valence electrons. The fourth-order valence-corrected chi connectivity index (χ4v) is 5.43. The molecule has 1 aromatic carbocycles. The van der Waals surface area contributed by atoms with Gasteiger partial charge in [0.2, 0.25) is 5.75 Å². The number of carbonyl (C=O) groups is 3. The minimum Gasteiger partial charge on any atom is -0.501 e. The van der Waals surface area contributed by atoms with Crippen LogP contribution in [0.25, 0.3) is 5.69 Å². The number of halogens is 1. The van der Waals surface area contributed by atoms with Crippen molar-refractivity contribution >= 4 is 17.7 Å². The van der Waals surface area contributed by atoms with Crippen molar-refractivity contribution in [1.82, 2.24) is 40.1 Å². The van der Waals surface area contributed by atoms with Gasteiger partial charge in [-0.25, -0.2) is 14.1 Å². The molecule has 3 N–H and O–H groups in total. The number of rotatable bonds is 5. The Morgan fingerprint density at radius 3 is 2.70 bits per heavy atom. The Hall–Kier alpha value is -4.62. The van der Waals surface area contributed by atoms with Gasteiger partial charge in [0.15, 0.2) is 5.69 Å². The van der Waals surface area contributed by atoms with Crippen LogP contribution < -0.4 is 16.2 Å². The summed E-state index contributed by atoms with van der Waals surface area (Å²) in [4.78, 5) is 56.6. The maximum Gasteiger partial charge on any atom is 0.311 e. The van der Waals surface area contributed by atoms with Gasteiger partial charge in [-0.2, -0.15) is 0 Å². The van der Waals surface area contributed by atoms with E-state index < -0.39 is 52.5 Å². The van der Waals surface area contributed by atoms with Crippen molar-refractivity contribution in [3.63, 3.8) is 0 Å². The highest BCUT2D eigenvalue weighted by molar-refractivity contribution is 6.34. The topological polar surface area (TPSA) is 164 Å². The fourth-order valence-electron chi connectivity index (χ4n) is 5.43. The SMILES string of the molecule is Cc1cnnn1-c1cc(F)ccc1CNC(=O)c1nc2n(c(=O)c1O)CC1CCC2C(NC(=O)C(=O)N(C)C)C1. The van der Waals surface area contributed by atoms with Crippen LogP contribution in [0.1, 0.15) is 52.8 Å². The number of carbonyl (C=O) groups excluding carboxylic acids is 3. The first kappa shape index (κ1) is 27.0. The lowest BCUT2D eigenvalue weighted by Gasteiger charge is -2.32. The highest BCUT2D eigenvalue weighted by Gasteiger charge is 2.41. The first-order valence-electron chi connectivity index (χ1n) is 12.8. The van der Waals surface area contributed by atoms with Crippen molar-refractivity contribution < 1.29 is 23.9 Å². The number of aromatic hydroxyl groups is 1. The largest absolute Gasteiger partial charge is 0.501 e. The Morgan fingerprint density at radius 1 is 1.23 bits per heavy atom. The molecule has 3 aliphatic rings. The first-order chi connectivity index (χ1) is 19.0. The van der Waals surface area contributed by atoms with E-state index in [-0.39, 0.29) is 24.8 Å². The first-order valence-corrected chi connectivity index (χ1v) is 12.8. The molecule has 40 heavy (non-hydrogen) atoms. The molecular weight excluding hydrogens is 523 g/mol. The maximum atomic E-state index is 14.0.